The van der Waals surface area contributed by atoms with Gasteiger partial charge in [0.25, 0.3) is 0 Å². The SMILES string of the molecule is CC(C)P(=O)(Oc1ccc2ccccc2c1)Oc1ccc2ccccc2c1. The molecule has 0 aromatic heterocycles. The predicted octanol–water partition coefficient (Wildman–Crippen LogP) is 7.05. The summed E-state index contributed by atoms with van der Waals surface area (Å²) in [7, 11) is -3.39. The van der Waals surface area contributed by atoms with Crippen molar-refractivity contribution >= 4 is 29.1 Å². The first-order chi connectivity index (χ1) is 13.0. The number of rotatable bonds is 5. The summed E-state index contributed by atoms with van der Waals surface area (Å²) in [5.41, 5.74) is -0.282. The number of benzene rings is 4. The molecular formula is C23H21O3P. The molecule has 4 aromatic rings. The molecule has 0 fully saturated rings. The van der Waals surface area contributed by atoms with Crippen LogP contribution in [0, 0.1) is 0 Å². The van der Waals surface area contributed by atoms with Crippen molar-refractivity contribution in [3.05, 3.63) is 84.9 Å². The van der Waals surface area contributed by atoms with Gasteiger partial charge >= 0.3 is 7.60 Å². The summed E-state index contributed by atoms with van der Waals surface area (Å²) in [6.45, 7) is 3.70. The lowest BCUT2D eigenvalue weighted by atomic mass is 10.1. The molecule has 0 saturated heterocycles. The van der Waals surface area contributed by atoms with Crippen LogP contribution in [0.1, 0.15) is 13.8 Å². The van der Waals surface area contributed by atoms with Crippen LogP contribution in [0.15, 0.2) is 84.9 Å². The van der Waals surface area contributed by atoms with Crippen LogP contribution >= 0.6 is 7.60 Å². The van der Waals surface area contributed by atoms with Crippen LogP contribution in [0.25, 0.3) is 21.5 Å². The summed E-state index contributed by atoms with van der Waals surface area (Å²) in [5.74, 6) is 1.10. The van der Waals surface area contributed by atoms with Crippen molar-refractivity contribution in [1.29, 1.82) is 0 Å². The Labute approximate surface area is 159 Å². The molecule has 0 unspecified atom stereocenters. The van der Waals surface area contributed by atoms with E-state index in [2.05, 4.69) is 0 Å². The van der Waals surface area contributed by atoms with E-state index in [1.807, 2.05) is 98.8 Å². The van der Waals surface area contributed by atoms with Crippen LogP contribution in [-0.4, -0.2) is 5.66 Å². The number of hydrogen-bond donors (Lipinski definition) is 0. The lowest BCUT2D eigenvalue weighted by Gasteiger charge is -2.23. The van der Waals surface area contributed by atoms with E-state index >= 15 is 0 Å². The molecule has 4 aromatic carbocycles. The highest BCUT2D eigenvalue weighted by Crippen LogP contribution is 2.53. The van der Waals surface area contributed by atoms with Crippen LogP contribution in [0.4, 0.5) is 0 Å². The maximum absolute atomic E-state index is 13.5. The topological polar surface area (TPSA) is 35.5 Å². The zero-order valence-electron chi connectivity index (χ0n) is 15.3. The Bertz CT molecular complexity index is 1070. The van der Waals surface area contributed by atoms with Crippen molar-refractivity contribution in [2.75, 3.05) is 0 Å². The second kappa shape index (κ2) is 7.09. The van der Waals surface area contributed by atoms with Crippen LogP contribution in [0.5, 0.6) is 11.5 Å². The van der Waals surface area contributed by atoms with Crippen LogP contribution in [0.2, 0.25) is 0 Å². The van der Waals surface area contributed by atoms with Gasteiger partial charge in [0.15, 0.2) is 0 Å². The highest BCUT2D eigenvalue weighted by atomic mass is 31.2. The fraction of sp³-hybridized carbons (Fsp3) is 0.130. The standard InChI is InChI=1S/C23H21O3P/c1-17(2)27(24,25-22-13-11-18-7-3-5-9-20(18)15-22)26-23-14-12-19-8-4-6-10-21(19)16-23/h3-17H,1-2H3. The van der Waals surface area contributed by atoms with Gasteiger partial charge in [-0.1, -0.05) is 60.7 Å². The van der Waals surface area contributed by atoms with Gasteiger partial charge in [-0.15, -0.1) is 0 Å². The van der Waals surface area contributed by atoms with E-state index in [0.717, 1.165) is 21.5 Å². The second-order valence-electron chi connectivity index (χ2n) is 6.83. The van der Waals surface area contributed by atoms with Crippen LogP contribution in [0.3, 0.4) is 0 Å². The summed E-state index contributed by atoms with van der Waals surface area (Å²) in [6.07, 6.45) is 0. The van der Waals surface area contributed by atoms with Crippen LogP contribution in [-0.2, 0) is 4.57 Å². The van der Waals surface area contributed by atoms with E-state index in [-0.39, 0.29) is 5.66 Å². The number of hydrogen-bond acceptors (Lipinski definition) is 3. The average Bonchev–Trinajstić information content (AvgIpc) is 2.67. The van der Waals surface area contributed by atoms with E-state index in [1.54, 1.807) is 0 Å². The minimum Gasteiger partial charge on any atom is -0.416 e. The van der Waals surface area contributed by atoms with Crippen molar-refractivity contribution in [1.82, 2.24) is 0 Å². The molecule has 27 heavy (non-hydrogen) atoms. The van der Waals surface area contributed by atoms with Gasteiger partial charge in [-0.05, 0) is 59.7 Å². The molecule has 4 rings (SSSR count). The summed E-state index contributed by atoms with van der Waals surface area (Å²) >= 11 is 0. The quantitative estimate of drug-likeness (QED) is 0.350. The molecule has 0 aliphatic carbocycles. The summed E-state index contributed by atoms with van der Waals surface area (Å²) in [5, 5.41) is 4.30. The third kappa shape index (κ3) is 3.70. The van der Waals surface area contributed by atoms with Gasteiger partial charge in [0.1, 0.15) is 11.5 Å². The molecule has 0 N–H and O–H groups in total. The van der Waals surface area contributed by atoms with Gasteiger partial charge in [0.05, 0.1) is 5.66 Å². The molecule has 0 saturated carbocycles. The Morgan fingerprint density at radius 1 is 0.630 bits per heavy atom. The van der Waals surface area contributed by atoms with Gasteiger partial charge in [-0.3, -0.25) is 0 Å². The first-order valence-corrected chi connectivity index (χ1v) is 10.6. The first kappa shape index (κ1) is 17.6. The summed E-state index contributed by atoms with van der Waals surface area (Å²) in [6, 6.07) is 27.4. The van der Waals surface area contributed by atoms with Gasteiger partial charge in [0.2, 0.25) is 0 Å². The molecule has 136 valence electrons. The van der Waals surface area contributed by atoms with E-state index in [4.69, 9.17) is 9.05 Å². The Kier molecular flexibility index (Phi) is 4.63. The lowest BCUT2D eigenvalue weighted by Crippen LogP contribution is -2.10. The molecule has 0 bridgehead atoms. The Morgan fingerprint density at radius 3 is 1.44 bits per heavy atom. The van der Waals surface area contributed by atoms with Crippen LogP contribution < -0.4 is 9.05 Å². The van der Waals surface area contributed by atoms with E-state index in [0.29, 0.717) is 11.5 Å². The maximum Gasteiger partial charge on any atom is 0.433 e. The third-order valence-corrected chi connectivity index (χ3v) is 6.74. The highest BCUT2D eigenvalue weighted by molar-refractivity contribution is 7.55. The van der Waals surface area contributed by atoms with Gasteiger partial charge in [0, 0.05) is 0 Å². The normalized spacial score (nSPS) is 11.8. The Hall–Kier alpha value is -2.77. The molecule has 0 radical (unpaired) electrons. The molecule has 0 heterocycles. The minimum absolute atomic E-state index is 0.282. The molecular weight excluding hydrogens is 355 g/mol. The van der Waals surface area contributed by atoms with Gasteiger partial charge < -0.3 is 9.05 Å². The maximum atomic E-state index is 13.5. The van der Waals surface area contributed by atoms with Gasteiger partial charge in [-0.25, -0.2) is 4.57 Å². The smallest absolute Gasteiger partial charge is 0.416 e. The van der Waals surface area contributed by atoms with Crippen molar-refractivity contribution in [2.45, 2.75) is 19.5 Å². The average molecular weight is 376 g/mol. The minimum atomic E-state index is -3.39. The third-order valence-electron chi connectivity index (χ3n) is 4.54. The molecule has 0 spiro atoms. The fourth-order valence-electron chi connectivity index (χ4n) is 2.97. The fourth-order valence-corrected chi connectivity index (χ4v) is 4.25. The molecule has 3 nitrogen and oxygen atoms in total. The van der Waals surface area contributed by atoms with Crippen molar-refractivity contribution in [3.8, 4) is 11.5 Å². The highest BCUT2D eigenvalue weighted by Gasteiger charge is 2.33. The molecule has 4 heteroatoms. The number of fused-ring (bicyclic) bond motifs is 2. The zero-order chi connectivity index (χ0) is 18.9. The lowest BCUT2D eigenvalue weighted by molar-refractivity contribution is 0.377. The molecule has 0 amide bonds. The Morgan fingerprint density at radius 2 is 1.04 bits per heavy atom. The predicted molar refractivity (Wildman–Crippen MR) is 112 cm³/mol. The summed E-state index contributed by atoms with van der Waals surface area (Å²) in [4.78, 5) is 0. The second-order valence-corrected chi connectivity index (χ2v) is 9.31. The van der Waals surface area contributed by atoms with E-state index < -0.39 is 7.60 Å². The zero-order valence-corrected chi connectivity index (χ0v) is 16.2. The summed E-state index contributed by atoms with van der Waals surface area (Å²) < 4.78 is 25.3. The van der Waals surface area contributed by atoms with Crippen molar-refractivity contribution in [3.63, 3.8) is 0 Å². The first-order valence-electron chi connectivity index (χ1n) is 9.00. The van der Waals surface area contributed by atoms with Crippen molar-refractivity contribution < 1.29 is 13.6 Å². The van der Waals surface area contributed by atoms with Crippen molar-refractivity contribution in [2.24, 2.45) is 0 Å². The molecule has 0 atom stereocenters. The monoisotopic (exact) mass is 376 g/mol. The van der Waals surface area contributed by atoms with E-state index in [1.165, 1.54) is 0 Å². The largest absolute Gasteiger partial charge is 0.433 e. The molecule has 0 aliphatic rings. The van der Waals surface area contributed by atoms with Gasteiger partial charge in [-0.2, -0.15) is 0 Å². The Balaban J connectivity index is 1.65. The van der Waals surface area contributed by atoms with E-state index in [9.17, 15) is 4.57 Å². The molecule has 0 aliphatic heterocycles.